The zero-order chi connectivity index (χ0) is 23.7. The molecular formula is C27H38N2O3. The van der Waals surface area contributed by atoms with Crippen molar-refractivity contribution in [3.05, 3.63) is 65.2 Å². The summed E-state index contributed by atoms with van der Waals surface area (Å²) in [7, 11) is 1.62. The number of aryl methyl sites for hydroxylation is 1. The maximum atomic E-state index is 13.3. The molecule has 0 radical (unpaired) electrons. The molecule has 2 aromatic carbocycles. The molecule has 2 rings (SSSR count). The van der Waals surface area contributed by atoms with E-state index in [9.17, 15) is 9.59 Å². The molecule has 0 saturated heterocycles. The standard InChI is InChI=1S/C27H38N2O3/c1-7-20(4)28-27(31)21(5)29(18-23-9-8-10-25(17-23)32-6)26(30)16-13-22-11-14-24(15-12-22)19(2)3/h8-12,14-15,17,19-21H,7,13,16,18H2,1-6H3,(H,28,31)/t20-,21+/m1/s1. The van der Waals surface area contributed by atoms with Gasteiger partial charge < -0.3 is 15.0 Å². The summed E-state index contributed by atoms with van der Waals surface area (Å²) in [4.78, 5) is 27.8. The lowest BCUT2D eigenvalue weighted by Crippen LogP contribution is -2.49. The van der Waals surface area contributed by atoms with Crippen LogP contribution in [0.25, 0.3) is 0 Å². The van der Waals surface area contributed by atoms with Gasteiger partial charge in [0.15, 0.2) is 0 Å². The van der Waals surface area contributed by atoms with Gasteiger partial charge in [-0.05, 0) is 61.4 Å². The Morgan fingerprint density at radius 1 is 1.00 bits per heavy atom. The quantitative estimate of drug-likeness (QED) is 0.532. The van der Waals surface area contributed by atoms with E-state index in [1.165, 1.54) is 5.56 Å². The third-order valence-corrected chi connectivity index (χ3v) is 5.93. The van der Waals surface area contributed by atoms with Crippen LogP contribution >= 0.6 is 0 Å². The monoisotopic (exact) mass is 438 g/mol. The fourth-order valence-electron chi connectivity index (χ4n) is 3.48. The molecule has 32 heavy (non-hydrogen) atoms. The first-order valence-electron chi connectivity index (χ1n) is 11.6. The van der Waals surface area contributed by atoms with Crippen molar-refractivity contribution in [2.24, 2.45) is 0 Å². The first kappa shape index (κ1) is 25.4. The molecule has 2 amide bonds. The fraction of sp³-hybridized carbons (Fsp3) is 0.481. The average Bonchev–Trinajstić information content (AvgIpc) is 2.80. The maximum Gasteiger partial charge on any atom is 0.242 e. The third kappa shape index (κ3) is 7.40. The summed E-state index contributed by atoms with van der Waals surface area (Å²) in [5.41, 5.74) is 3.35. The molecule has 0 aliphatic rings. The average molecular weight is 439 g/mol. The molecule has 0 aromatic heterocycles. The number of carbonyl (C=O) groups excluding carboxylic acids is 2. The van der Waals surface area contributed by atoms with Crippen LogP contribution in [0.4, 0.5) is 0 Å². The van der Waals surface area contributed by atoms with Crippen molar-refractivity contribution in [1.29, 1.82) is 0 Å². The molecule has 0 spiro atoms. The smallest absolute Gasteiger partial charge is 0.242 e. The van der Waals surface area contributed by atoms with Gasteiger partial charge in [0.25, 0.3) is 0 Å². The van der Waals surface area contributed by atoms with E-state index in [2.05, 4.69) is 43.4 Å². The van der Waals surface area contributed by atoms with Crippen molar-refractivity contribution >= 4 is 11.8 Å². The maximum absolute atomic E-state index is 13.3. The molecule has 2 atom stereocenters. The van der Waals surface area contributed by atoms with Crippen molar-refractivity contribution in [2.75, 3.05) is 7.11 Å². The highest BCUT2D eigenvalue weighted by atomic mass is 16.5. The summed E-state index contributed by atoms with van der Waals surface area (Å²) in [6.45, 7) is 10.5. The third-order valence-electron chi connectivity index (χ3n) is 5.93. The second-order valence-corrected chi connectivity index (χ2v) is 8.76. The number of ether oxygens (including phenoxy) is 1. The van der Waals surface area contributed by atoms with Crippen molar-refractivity contribution in [2.45, 2.75) is 78.4 Å². The Morgan fingerprint density at radius 2 is 1.69 bits per heavy atom. The van der Waals surface area contributed by atoms with Crippen LogP contribution in [-0.2, 0) is 22.6 Å². The second kappa shape index (κ2) is 12.3. The number of nitrogens with one attached hydrogen (secondary N) is 1. The Bertz CT molecular complexity index is 877. The predicted molar refractivity (Wildman–Crippen MR) is 130 cm³/mol. The van der Waals surface area contributed by atoms with E-state index in [-0.39, 0.29) is 17.9 Å². The fourth-order valence-corrected chi connectivity index (χ4v) is 3.48. The molecule has 0 fully saturated rings. The van der Waals surface area contributed by atoms with Gasteiger partial charge in [-0.3, -0.25) is 9.59 Å². The van der Waals surface area contributed by atoms with Crippen molar-refractivity contribution in [3.63, 3.8) is 0 Å². The Labute approximate surface area is 193 Å². The van der Waals surface area contributed by atoms with Gasteiger partial charge in [-0.25, -0.2) is 0 Å². The van der Waals surface area contributed by atoms with Crippen LogP contribution in [0.1, 0.15) is 70.1 Å². The number of hydrogen-bond acceptors (Lipinski definition) is 3. The number of benzene rings is 2. The molecule has 0 saturated carbocycles. The molecule has 0 aliphatic carbocycles. The number of methoxy groups -OCH3 is 1. The minimum Gasteiger partial charge on any atom is -0.497 e. The first-order chi connectivity index (χ1) is 15.2. The van der Waals surface area contributed by atoms with Crippen LogP contribution < -0.4 is 10.1 Å². The Morgan fingerprint density at radius 3 is 2.28 bits per heavy atom. The molecule has 0 bridgehead atoms. The lowest BCUT2D eigenvalue weighted by molar-refractivity contribution is -0.140. The Kier molecular flexibility index (Phi) is 9.76. The molecule has 5 heteroatoms. The van der Waals surface area contributed by atoms with Gasteiger partial charge >= 0.3 is 0 Å². The Hall–Kier alpha value is -2.82. The van der Waals surface area contributed by atoms with Crippen LogP contribution in [-0.4, -0.2) is 35.9 Å². The second-order valence-electron chi connectivity index (χ2n) is 8.76. The van der Waals surface area contributed by atoms with E-state index in [0.717, 1.165) is 23.3 Å². The van der Waals surface area contributed by atoms with Crippen LogP contribution in [0.2, 0.25) is 0 Å². The summed E-state index contributed by atoms with van der Waals surface area (Å²) in [6.07, 6.45) is 1.84. The number of carbonyl (C=O) groups is 2. The van der Waals surface area contributed by atoms with Crippen molar-refractivity contribution in [1.82, 2.24) is 10.2 Å². The van der Waals surface area contributed by atoms with Gasteiger partial charge in [0.1, 0.15) is 11.8 Å². The molecule has 174 valence electrons. The highest BCUT2D eigenvalue weighted by Crippen LogP contribution is 2.19. The Balaban J connectivity index is 2.15. The predicted octanol–water partition coefficient (Wildman–Crippen LogP) is 5.08. The summed E-state index contributed by atoms with van der Waals surface area (Å²) in [5, 5.41) is 3.01. The largest absolute Gasteiger partial charge is 0.497 e. The highest BCUT2D eigenvalue weighted by molar-refractivity contribution is 5.87. The molecule has 5 nitrogen and oxygen atoms in total. The van der Waals surface area contributed by atoms with Crippen LogP contribution in [0, 0.1) is 0 Å². The van der Waals surface area contributed by atoms with Gasteiger partial charge in [0.2, 0.25) is 11.8 Å². The van der Waals surface area contributed by atoms with E-state index < -0.39 is 6.04 Å². The number of amides is 2. The van der Waals surface area contributed by atoms with Gasteiger partial charge in [-0.2, -0.15) is 0 Å². The molecule has 0 heterocycles. The van der Waals surface area contributed by atoms with Gasteiger partial charge in [0, 0.05) is 19.0 Å². The topological polar surface area (TPSA) is 58.6 Å². The number of rotatable bonds is 11. The molecule has 1 N–H and O–H groups in total. The zero-order valence-corrected chi connectivity index (χ0v) is 20.4. The lowest BCUT2D eigenvalue weighted by Gasteiger charge is -2.30. The van der Waals surface area contributed by atoms with E-state index in [1.54, 1.807) is 18.9 Å². The summed E-state index contributed by atoms with van der Waals surface area (Å²) < 4.78 is 5.32. The summed E-state index contributed by atoms with van der Waals surface area (Å²) >= 11 is 0. The summed E-state index contributed by atoms with van der Waals surface area (Å²) in [6, 6.07) is 15.6. The lowest BCUT2D eigenvalue weighted by atomic mass is 10.00. The minimum atomic E-state index is -0.564. The van der Waals surface area contributed by atoms with Crippen molar-refractivity contribution in [3.8, 4) is 5.75 Å². The van der Waals surface area contributed by atoms with Crippen molar-refractivity contribution < 1.29 is 14.3 Å². The van der Waals surface area contributed by atoms with Crippen LogP contribution in [0.3, 0.4) is 0 Å². The SMILES string of the molecule is CC[C@@H](C)NC(=O)[C@H](C)N(Cc1cccc(OC)c1)C(=O)CCc1ccc(C(C)C)cc1. The molecule has 0 unspecified atom stereocenters. The van der Waals surface area contributed by atoms with Gasteiger partial charge in [0.05, 0.1) is 7.11 Å². The number of nitrogens with zero attached hydrogens (tertiary/aromatic N) is 1. The normalized spacial score (nSPS) is 12.8. The van der Waals surface area contributed by atoms with E-state index in [4.69, 9.17) is 4.74 Å². The summed E-state index contributed by atoms with van der Waals surface area (Å²) in [5.74, 6) is 1.05. The molecule has 2 aromatic rings. The minimum absolute atomic E-state index is 0.0347. The van der Waals surface area contributed by atoms with E-state index in [0.29, 0.717) is 25.3 Å². The van der Waals surface area contributed by atoms with Crippen LogP contribution in [0.5, 0.6) is 5.75 Å². The van der Waals surface area contributed by atoms with E-state index >= 15 is 0 Å². The molecular weight excluding hydrogens is 400 g/mol. The van der Waals surface area contributed by atoms with E-state index in [1.807, 2.05) is 38.1 Å². The van der Waals surface area contributed by atoms with Gasteiger partial charge in [-0.1, -0.05) is 57.2 Å². The van der Waals surface area contributed by atoms with Gasteiger partial charge in [-0.15, -0.1) is 0 Å². The zero-order valence-electron chi connectivity index (χ0n) is 20.4. The first-order valence-corrected chi connectivity index (χ1v) is 11.6. The van der Waals surface area contributed by atoms with Crippen LogP contribution in [0.15, 0.2) is 48.5 Å². The number of hydrogen-bond donors (Lipinski definition) is 1. The molecule has 0 aliphatic heterocycles. The highest BCUT2D eigenvalue weighted by Gasteiger charge is 2.26.